The van der Waals surface area contributed by atoms with Gasteiger partial charge in [0.15, 0.2) is 0 Å². The fourth-order valence-corrected chi connectivity index (χ4v) is 5.38. The summed E-state index contributed by atoms with van der Waals surface area (Å²) in [4.78, 5) is 0. The van der Waals surface area contributed by atoms with E-state index >= 15 is 0 Å². The van der Waals surface area contributed by atoms with E-state index in [-0.39, 0.29) is 0 Å². The molecule has 0 aliphatic carbocycles. The van der Waals surface area contributed by atoms with Gasteiger partial charge in [-0.25, -0.2) is 0 Å². The van der Waals surface area contributed by atoms with Gasteiger partial charge in [0.05, 0.1) is 0 Å². The third-order valence-corrected chi connectivity index (χ3v) is 5.86. The van der Waals surface area contributed by atoms with E-state index in [0.717, 1.165) is 0 Å². The molecule has 0 heterocycles. The Morgan fingerprint density at radius 2 is 1.75 bits per heavy atom. The van der Waals surface area contributed by atoms with Gasteiger partial charge in [-0.15, -0.1) is 0 Å². The maximum atomic E-state index is 2.36. The molecule has 0 N–H and O–H groups in total. The second-order valence-corrected chi connectivity index (χ2v) is 8.45. The highest BCUT2D eigenvalue weighted by atomic mass is 127. The molecule has 0 nitrogen and oxygen atoms in total. The molecule has 0 bridgehead atoms. The van der Waals surface area contributed by atoms with Crippen LogP contribution in [0.2, 0.25) is 13.1 Å². The first kappa shape index (κ1) is 9.99. The van der Waals surface area contributed by atoms with E-state index in [0.29, 0.717) is 0 Å². The SMILES string of the molecule is C[Si](C)(/C=C/I)c1ccccc1. The van der Waals surface area contributed by atoms with Gasteiger partial charge in [0.2, 0.25) is 0 Å². The van der Waals surface area contributed by atoms with Gasteiger partial charge >= 0.3 is 0 Å². The highest BCUT2D eigenvalue weighted by Crippen LogP contribution is 2.06. The van der Waals surface area contributed by atoms with Crippen molar-refractivity contribution >= 4 is 35.9 Å². The molecule has 0 radical (unpaired) electrons. The lowest BCUT2D eigenvalue weighted by Gasteiger charge is -2.17. The Morgan fingerprint density at radius 3 is 2.25 bits per heavy atom. The first-order valence-electron chi connectivity index (χ1n) is 4.00. The molecule has 0 aliphatic rings. The lowest BCUT2D eigenvalue weighted by Crippen LogP contribution is -2.39. The number of benzene rings is 1. The third kappa shape index (κ3) is 2.45. The smallest absolute Gasteiger partial charge is 0.0842 e. The molecule has 0 spiro atoms. The van der Waals surface area contributed by atoms with Crippen molar-refractivity contribution in [3.63, 3.8) is 0 Å². The second-order valence-electron chi connectivity index (χ2n) is 3.38. The topological polar surface area (TPSA) is 0 Å². The summed E-state index contributed by atoms with van der Waals surface area (Å²) in [6, 6.07) is 10.8. The van der Waals surface area contributed by atoms with Crippen molar-refractivity contribution in [1.82, 2.24) is 0 Å². The van der Waals surface area contributed by atoms with Crippen molar-refractivity contribution in [2.45, 2.75) is 13.1 Å². The van der Waals surface area contributed by atoms with Crippen molar-refractivity contribution in [3.8, 4) is 0 Å². The van der Waals surface area contributed by atoms with E-state index in [2.05, 4.69) is 75.8 Å². The summed E-state index contributed by atoms with van der Waals surface area (Å²) in [7, 11) is -1.27. The van der Waals surface area contributed by atoms with Crippen LogP contribution in [0.25, 0.3) is 0 Å². The summed E-state index contributed by atoms with van der Waals surface area (Å²) in [6.45, 7) is 4.72. The molecule has 1 aromatic rings. The monoisotopic (exact) mass is 288 g/mol. The van der Waals surface area contributed by atoms with Crippen LogP contribution in [0.4, 0.5) is 0 Å². The number of rotatable bonds is 2. The van der Waals surface area contributed by atoms with E-state index in [4.69, 9.17) is 0 Å². The van der Waals surface area contributed by atoms with Gasteiger partial charge in [0.25, 0.3) is 0 Å². The van der Waals surface area contributed by atoms with Gasteiger partial charge in [-0.1, -0.05) is 76.9 Å². The van der Waals surface area contributed by atoms with Crippen LogP contribution in [0.1, 0.15) is 0 Å². The minimum absolute atomic E-state index is 1.27. The van der Waals surface area contributed by atoms with Crippen LogP contribution in [0.5, 0.6) is 0 Å². The van der Waals surface area contributed by atoms with E-state index in [1.165, 1.54) is 5.19 Å². The van der Waals surface area contributed by atoms with Crippen molar-refractivity contribution in [2.24, 2.45) is 0 Å². The summed E-state index contributed by atoms with van der Waals surface area (Å²) in [6.07, 6.45) is 0. The molecular formula is C10H13ISi. The highest BCUT2D eigenvalue weighted by molar-refractivity contribution is 14.1. The molecule has 1 rings (SSSR count). The molecule has 2 heteroatoms. The van der Waals surface area contributed by atoms with Gasteiger partial charge in [-0.2, -0.15) is 0 Å². The van der Waals surface area contributed by atoms with Gasteiger partial charge in [0.1, 0.15) is 8.07 Å². The Kier molecular flexibility index (Phi) is 3.52. The average molecular weight is 288 g/mol. The van der Waals surface area contributed by atoms with E-state index in [1.807, 2.05) is 0 Å². The van der Waals surface area contributed by atoms with Crippen LogP contribution in [0.15, 0.2) is 40.1 Å². The molecular weight excluding hydrogens is 275 g/mol. The average Bonchev–Trinajstić information content (AvgIpc) is 2.06. The molecule has 0 atom stereocenters. The molecule has 0 amide bonds. The Balaban J connectivity index is 2.97. The maximum Gasteiger partial charge on any atom is 0.104 e. The van der Waals surface area contributed by atoms with Gasteiger partial charge in [0, 0.05) is 0 Å². The minimum Gasteiger partial charge on any atom is -0.0842 e. The molecule has 0 aromatic heterocycles. The predicted molar refractivity (Wildman–Crippen MR) is 66.7 cm³/mol. The molecule has 12 heavy (non-hydrogen) atoms. The number of hydrogen-bond donors (Lipinski definition) is 0. The quantitative estimate of drug-likeness (QED) is 0.579. The Bertz CT molecular complexity index is 264. The molecule has 1 aromatic carbocycles. The summed E-state index contributed by atoms with van der Waals surface area (Å²) in [5, 5.41) is 1.50. The van der Waals surface area contributed by atoms with Crippen molar-refractivity contribution in [1.29, 1.82) is 0 Å². The summed E-state index contributed by atoms with van der Waals surface area (Å²) >= 11 is 2.29. The van der Waals surface area contributed by atoms with E-state index in [1.54, 1.807) is 0 Å². The van der Waals surface area contributed by atoms with E-state index in [9.17, 15) is 0 Å². The normalized spacial score (nSPS) is 12.2. The zero-order valence-electron chi connectivity index (χ0n) is 7.42. The zero-order chi connectivity index (χ0) is 9.03. The Labute approximate surface area is 88.8 Å². The highest BCUT2D eigenvalue weighted by Gasteiger charge is 2.18. The van der Waals surface area contributed by atoms with Crippen LogP contribution >= 0.6 is 22.6 Å². The molecule has 0 unspecified atom stereocenters. The maximum absolute atomic E-state index is 2.36. The minimum atomic E-state index is -1.27. The lowest BCUT2D eigenvalue weighted by atomic mass is 10.4. The predicted octanol–water partition coefficient (Wildman–Crippen LogP) is 3.09. The molecule has 0 fully saturated rings. The van der Waals surface area contributed by atoms with Crippen molar-refractivity contribution < 1.29 is 0 Å². The van der Waals surface area contributed by atoms with E-state index < -0.39 is 8.07 Å². The van der Waals surface area contributed by atoms with Crippen LogP contribution < -0.4 is 5.19 Å². The van der Waals surface area contributed by atoms with Crippen LogP contribution in [0, 0.1) is 0 Å². The number of halogens is 1. The van der Waals surface area contributed by atoms with Crippen LogP contribution in [0.3, 0.4) is 0 Å². The summed E-state index contributed by atoms with van der Waals surface area (Å²) in [5.74, 6) is 0. The van der Waals surface area contributed by atoms with Gasteiger partial charge in [-0.05, 0) is 4.08 Å². The van der Waals surface area contributed by atoms with Crippen LogP contribution in [-0.4, -0.2) is 8.07 Å². The van der Waals surface area contributed by atoms with Gasteiger partial charge < -0.3 is 0 Å². The molecule has 0 saturated heterocycles. The van der Waals surface area contributed by atoms with Crippen LogP contribution in [-0.2, 0) is 0 Å². The third-order valence-electron chi connectivity index (χ3n) is 2.00. The summed E-state index contributed by atoms with van der Waals surface area (Å²) in [5.41, 5.74) is 2.35. The second kappa shape index (κ2) is 4.23. The molecule has 0 aliphatic heterocycles. The largest absolute Gasteiger partial charge is 0.104 e. The fraction of sp³-hybridized carbons (Fsp3) is 0.200. The Morgan fingerprint density at radius 1 is 1.17 bits per heavy atom. The lowest BCUT2D eigenvalue weighted by molar-refractivity contribution is 1.71. The first-order valence-corrected chi connectivity index (χ1v) is 8.32. The van der Waals surface area contributed by atoms with Crippen molar-refractivity contribution in [3.05, 3.63) is 40.1 Å². The summed E-state index contributed by atoms with van der Waals surface area (Å²) < 4.78 is 2.14. The first-order chi connectivity index (χ1) is 5.67. The fourth-order valence-electron chi connectivity index (χ4n) is 1.12. The zero-order valence-corrected chi connectivity index (χ0v) is 10.6. The Hall–Kier alpha value is -0.0931. The molecule has 64 valence electrons. The standard InChI is InChI=1S/C10H13ISi/c1-12(2,9-8-11)10-6-4-3-5-7-10/h3-9H,1-2H3/b9-8+. The van der Waals surface area contributed by atoms with Crippen molar-refractivity contribution in [2.75, 3.05) is 0 Å². The number of hydrogen-bond acceptors (Lipinski definition) is 0. The van der Waals surface area contributed by atoms with Gasteiger partial charge in [-0.3, -0.25) is 0 Å². The molecule has 0 saturated carbocycles.